The lowest BCUT2D eigenvalue weighted by molar-refractivity contribution is -0.139. The number of rotatable bonds is 6. The van der Waals surface area contributed by atoms with Crippen LogP contribution in [-0.4, -0.2) is 53.7 Å². The SMILES string of the molecule is CN(CC(=O)Nc1ccc(F)cc1)C(=O)CN1C(=O)NC(C)(c2ccccc2)C1=O. The lowest BCUT2D eigenvalue weighted by Crippen LogP contribution is -2.45. The molecule has 0 aromatic heterocycles. The Morgan fingerprint density at radius 2 is 1.73 bits per heavy atom. The number of likely N-dealkylation sites (N-methyl/N-ethyl adjacent to an activating group) is 1. The molecular weight excluding hydrogens is 391 g/mol. The molecule has 0 saturated carbocycles. The summed E-state index contributed by atoms with van der Waals surface area (Å²) in [5.41, 5.74) is -0.280. The molecule has 1 aliphatic rings. The number of anilines is 1. The minimum atomic E-state index is -1.27. The maximum Gasteiger partial charge on any atom is 0.325 e. The van der Waals surface area contributed by atoms with Gasteiger partial charge in [0.15, 0.2) is 0 Å². The molecule has 9 heteroatoms. The first-order valence-corrected chi connectivity index (χ1v) is 9.20. The van der Waals surface area contributed by atoms with Gasteiger partial charge in [-0.1, -0.05) is 30.3 Å². The van der Waals surface area contributed by atoms with Crippen LogP contribution >= 0.6 is 0 Å². The zero-order valence-corrected chi connectivity index (χ0v) is 16.5. The monoisotopic (exact) mass is 412 g/mol. The van der Waals surface area contributed by atoms with Crippen molar-refractivity contribution in [2.45, 2.75) is 12.5 Å². The molecule has 8 nitrogen and oxygen atoms in total. The largest absolute Gasteiger partial charge is 0.335 e. The van der Waals surface area contributed by atoms with Gasteiger partial charge in [0.25, 0.3) is 5.91 Å². The number of halogens is 1. The minimum absolute atomic E-state index is 0.296. The van der Waals surface area contributed by atoms with Crippen molar-refractivity contribution in [1.82, 2.24) is 15.1 Å². The molecule has 0 bridgehead atoms. The number of urea groups is 1. The van der Waals surface area contributed by atoms with Crippen LogP contribution in [0.15, 0.2) is 54.6 Å². The maximum atomic E-state index is 12.9. The van der Waals surface area contributed by atoms with Crippen molar-refractivity contribution < 1.29 is 23.6 Å². The Morgan fingerprint density at radius 1 is 1.10 bits per heavy atom. The molecule has 0 aliphatic carbocycles. The molecule has 2 aromatic carbocycles. The summed E-state index contributed by atoms with van der Waals surface area (Å²) in [6.07, 6.45) is 0. The van der Waals surface area contributed by atoms with Crippen molar-refractivity contribution in [1.29, 1.82) is 0 Å². The molecule has 156 valence electrons. The first-order chi connectivity index (χ1) is 14.2. The quantitative estimate of drug-likeness (QED) is 0.706. The number of hydrogen-bond acceptors (Lipinski definition) is 4. The standard InChI is InChI=1S/C21H21FN4O4/c1-21(14-6-4-3-5-7-14)19(29)26(20(30)24-21)13-18(28)25(2)12-17(27)23-16-10-8-15(22)9-11-16/h3-11H,12-13H2,1-2H3,(H,23,27)(H,24,30). The van der Waals surface area contributed by atoms with Gasteiger partial charge in [0.05, 0.1) is 6.54 Å². The topological polar surface area (TPSA) is 98.8 Å². The summed E-state index contributed by atoms with van der Waals surface area (Å²) in [5.74, 6) is -2.05. The Labute approximate surface area is 172 Å². The van der Waals surface area contributed by atoms with Crippen molar-refractivity contribution in [2.75, 3.05) is 25.5 Å². The van der Waals surface area contributed by atoms with E-state index in [-0.39, 0.29) is 6.54 Å². The van der Waals surface area contributed by atoms with E-state index in [1.54, 1.807) is 37.3 Å². The Balaban J connectivity index is 1.60. The Bertz CT molecular complexity index is 980. The van der Waals surface area contributed by atoms with Crippen molar-refractivity contribution in [3.05, 3.63) is 66.0 Å². The van der Waals surface area contributed by atoms with Gasteiger partial charge in [-0.05, 0) is 36.8 Å². The number of hydrogen-bond donors (Lipinski definition) is 2. The molecule has 2 aromatic rings. The van der Waals surface area contributed by atoms with Gasteiger partial charge in [0.2, 0.25) is 11.8 Å². The van der Waals surface area contributed by atoms with Gasteiger partial charge in [-0.15, -0.1) is 0 Å². The third-order valence-electron chi connectivity index (χ3n) is 4.85. The van der Waals surface area contributed by atoms with Crippen LogP contribution in [0.1, 0.15) is 12.5 Å². The van der Waals surface area contributed by atoms with Crippen LogP contribution in [0.25, 0.3) is 0 Å². The van der Waals surface area contributed by atoms with Crippen molar-refractivity contribution in [3.8, 4) is 0 Å². The third kappa shape index (κ3) is 4.29. The second-order valence-corrected chi connectivity index (χ2v) is 7.12. The fourth-order valence-electron chi connectivity index (χ4n) is 3.10. The zero-order chi connectivity index (χ0) is 21.9. The van der Waals surface area contributed by atoms with Crippen LogP contribution in [0.3, 0.4) is 0 Å². The van der Waals surface area contributed by atoms with E-state index in [0.29, 0.717) is 11.3 Å². The molecule has 2 N–H and O–H groups in total. The highest BCUT2D eigenvalue weighted by Crippen LogP contribution is 2.28. The van der Waals surface area contributed by atoms with Gasteiger partial charge in [-0.25, -0.2) is 9.18 Å². The Morgan fingerprint density at radius 3 is 2.37 bits per heavy atom. The number of imide groups is 1. The molecular formula is C21H21FN4O4. The second-order valence-electron chi connectivity index (χ2n) is 7.12. The molecule has 1 aliphatic heterocycles. The van der Waals surface area contributed by atoms with Gasteiger partial charge in [0, 0.05) is 12.7 Å². The van der Waals surface area contributed by atoms with E-state index >= 15 is 0 Å². The van der Waals surface area contributed by atoms with Crippen LogP contribution in [-0.2, 0) is 19.9 Å². The van der Waals surface area contributed by atoms with E-state index in [0.717, 1.165) is 9.80 Å². The lowest BCUT2D eigenvalue weighted by atomic mass is 9.92. The van der Waals surface area contributed by atoms with E-state index in [1.807, 2.05) is 0 Å². The number of benzene rings is 2. The molecule has 30 heavy (non-hydrogen) atoms. The predicted molar refractivity (Wildman–Crippen MR) is 107 cm³/mol. The van der Waals surface area contributed by atoms with E-state index in [2.05, 4.69) is 10.6 Å². The van der Waals surface area contributed by atoms with Crippen molar-refractivity contribution in [3.63, 3.8) is 0 Å². The van der Waals surface area contributed by atoms with Crippen LogP contribution < -0.4 is 10.6 Å². The highest BCUT2D eigenvalue weighted by atomic mass is 19.1. The smallest absolute Gasteiger partial charge is 0.325 e. The van der Waals surface area contributed by atoms with Crippen LogP contribution in [0, 0.1) is 5.82 Å². The average Bonchev–Trinajstić information content (AvgIpc) is 2.94. The summed E-state index contributed by atoms with van der Waals surface area (Å²) in [5, 5.41) is 5.17. The third-order valence-corrected chi connectivity index (χ3v) is 4.85. The normalized spacial score (nSPS) is 18.2. The molecule has 5 amide bonds. The fourth-order valence-corrected chi connectivity index (χ4v) is 3.10. The van der Waals surface area contributed by atoms with Crippen LogP contribution in [0.4, 0.5) is 14.9 Å². The van der Waals surface area contributed by atoms with Gasteiger partial charge in [-0.3, -0.25) is 19.3 Å². The highest BCUT2D eigenvalue weighted by molar-refractivity contribution is 6.09. The van der Waals surface area contributed by atoms with Crippen molar-refractivity contribution >= 4 is 29.4 Å². The summed E-state index contributed by atoms with van der Waals surface area (Å²) >= 11 is 0. The molecule has 1 saturated heterocycles. The number of amides is 5. The Kier molecular flexibility index (Phi) is 5.81. The van der Waals surface area contributed by atoms with Gasteiger partial charge in [0.1, 0.15) is 17.9 Å². The molecule has 0 spiro atoms. The summed E-state index contributed by atoms with van der Waals surface area (Å²) in [4.78, 5) is 51.7. The average molecular weight is 412 g/mol. The second kappa shape index (κ2) is 8.32. The molecule has 1 heterocycles. The summed E-state index contributed by atoms with van der Waals surface area (Å²) in [6.45, 7) is 0.788. The summed E-state index contributed by atoms with van der Waals surface area (Å²) in [7, 11) is 1.39. The van der Waals surface area contributed by atoms with Gasteiger partial charge < -0.3 is 15.5 Å². The van der Waals surface area contributed by atoms with E-state index < -0.39 is 41.7 Å². The highest BCUT2D eigenvalue weighted by Gasteiger charge is 2.49. The number of carbonyl (C=O) groups excluding carboxylic acids is 4. The maximum absolute atomic E-state index is 12.9. The molecule has 1 atom stereocenters. The first-order valence-electron chi connectivity index (χ1n) is 9.20. The summed E-state index contributed by atoms with van der Waals surface area (Å²) < 4.78 is 12.9. The predicted octanol–water partition coefficient (Wildman–Crippen LogP) is 1.69. The van der Waals surface area contributed by atoms with Crippen LogP contribution in [0.5, 0.6) is 0 Å². The van der Waals surface area contributed by atoms with Crippen LogP contribution in [0.2, 0.25) is 0 Å². The lowest BCUT2D eigenvalue weighted by Gasteiger charge is -2.23. The molecule has 3 rings (SSSR count). The van der Waals surface area contributed by atoms with Crippen molar-refractivity contribution in [2.24, 2.45) is 0 Å². The number of nitrogens with one attached hydrogen (secondary N) is 2. The number of carbonyl (C=O) groups is 4. The number of nitrogens with zero attached hydrogens (tertiary/aromatic N) is 2. The van der Waals surface area contributed by atoms with E-state index in [9.17, 15) is 23.6 Å². The summed E-state index contributed by atoms with van der Waals surface area (Å²) in [6, 6.07) is 13.2. The van der Waals surface area contributed by atoms with E-state index in [4.69, 9.17) is 0 Å². The first kappa shape index (κ1) is 21.0. The molecule has 1 unspecified atom stereocenters. The Hall–Kier alpha value is -3.75. The van der Waals surface area contributed by atoms with Gasteiger partial charge in [-0.2, -0.15) is 0 Å². The molecule has 0 radical (unpaired) electrons. The van der Waals surface area contributed by atoms with Gasteiger partial charge >= 0.3 is 6.03 Å². The molecule has 1 fully saturated rings. The fraction of sp³-hybridized carbons (Fsp3) is 0.238. The van der Waals surface area contributed by atoms with E-state index in [1.165, 1.54) is 31.3 Å². The zero-order valence-electron chi connectivity index (χ0n) is 16.5. The minimum Gasteiger partial charge on any atom is -0.335 e.